The van der Waals surface area contributed by atoms with Crippen LogP contribution in [-0.4, -0.2) is 44.0 Å². The number of hydrogen-bond acceptors (Lipinski definition) is 7. The first-order valence-electron chi connectivity index (χ1n) is 7.08. The smallest absolute Gasteiger partial charge is 0.313 e. The second kappa shape index (κ2) is 8.65. The molecule has 0 radical (unpaired) electrons. The number of aromatic nitrogens is 4. The molecule has 0 spiro atoms. The average Bonchev–Trinajstić information content (AvgIpc) is 2.88. The van der Waals surface area contributed by atoms with Gasteiger partial charge in [-0.1, -0.05) is 23.4 Å². The van der Waals surface area contributed by atoms with Crippen LogP contribution in [0.1, 0.15) is 12.7 Å². The van der Waals surface area contributed by atoms with Crippen LogP contribution in [0.4, 0.5) is 5.69 Å². The lowest BCUT2D eigenvalue weighted by atomic mass is 10.4. The summed E-state index contributed by atoms with van der Waals surface area (Å²) >= 11 is 7.09. The van der Waals surface area contributed by atoms with Crippen LogP contribution in [0.5, 0.6) is 0 Å². The van der Waals surface area contributed by atoms with E-state index in [1.54, 1.807) is 30.7 Å². The average molecular weight is 370 g/mol. The first-order valence-corrected chi connectivity index (χ1v) is 8.44. The van der Waals surface area contributed by atoms with Crippen molar-refractivity contribution in [2.45, 2.75) is 18.5 Å². The van der Waals surface area contributed by atoms with Gasteiger partial charge in [0, 0.05) is 13.2 Å². The molecule has 8 nitrogen and oxygen atoms in total. The van der Waals surface area contributed by atoms with Gasteiger partial charge >= 0.3 is 5.97 Å². The molecule has 0 fully saturated rings. The van der Waals surface area contributed by atoms with Crippen molar-refractivity contribution in [3.05, 3.63) is 29.3 Å². The summed E-state index contributed by atoms with van der Waals surface area (Å²) in [6.45, 7) is 2.05. The lowest BCUT2D eigenvalue weighted by molar-refractivity contribution is -0.142. The molecule has 1 amide bonds. The number of esters is 1. The number of carbonyl (C=O) groups excluding carboxylic acids is 2. The molecule has 0 saturated heterocycles. The third-order valence-corrected chi connectivity index (χ3v) is 4.22. The van der Waals surface area contributed by atoms with Gasteiger partial charge in [-0.2, -0.15) is 0 Å². The summed E-state index contributed by atoms with van der Waals surface area (Å²) < 4.78 is 6.54. The molecule has 0 aliphatic heterocycles. The van der Waals surface area contributed by atoms with E-state index in [0.717, 1.165) is 0 Å². The van der Waals surface area contributed by atoms with Gasteiger partial charge in [0.15, 0.2) is 10.3 Å². The second-order valence-corrected chi connectivity index (χ2v) is 5.92. The Morgan fingerprint density at radius 2 is 2.21 bits per heavy atom. The molecule has 0 atom stereocenters. The standard InChI is InChI=1S/C14H16ClN5O3S/c1-3-23-12(22)7-10-18-19-14(20(10)2)24-8-11(21)17-9-5-4-6-16-13(9)15/h4-6H,3,7-8H2,1-2H3,(H,17,21). The zero-order valence-corrected chi connectivity index (χ0v) is 14.7. The molecule has 0 unspecified atom stereocenters. The molecule has 0 bridgehead atoms. The van der Waals surface area contributed by atoms with Gasteiger partial charge in [0.1, 0.15) is 12.2 Å². The number of pyridine rings is 1. The number of nitrogens with one attached hydrogen (secondary N) is 1. The zero-order valence-electron chi connectivity index (χ0n) is 13.2. The molecule has 2 rings (SSSR count). The van der Waals surface area contributed by atoms with Gasteiger partial charge in [-0.3, -0.25) is 9.59 Å². The van der Waals surface area contributed by atoms with Crippen LogP contribution >= 0.6 is 23.4 Å². The quantitative estimate of drug-likeness (QED) is 0.450. The highest BCUT2D eigenvalue weighted by molar-refractivity contribution is 7.99. The van der Waals surface area contributed by atoms with Crippen molar-refractivity contribution in [3.8, 4) is 0 Å². The Kier molecular flexibility index (Phi) is 6.56. The molecule has 10 heteroatoms. The Balaban J connectivity index is 1.90. The normalized spacial score (nSPS) is 10.5. The van der Waals surface area contributed by atoms with E-state index in [2.05, 4.69) is 20.5 Å². The minimum Gasteiger partial charge on any atom is -0.466 e. The summed E-state index contributed by atoms with van der Waals surface area (Å²) in [5, 5.41) is 11.3. The van der Waals surface area contributed by atoms with E-state index >= 15 is 0 Å². The molecule has 128 valence electrons. The minimum absolute atomic E-state index is 0.0371. The van der Waals surface area contributed by atoms with Crippen LogP contribution in [-0.2, 0) is 27.8 Å². The lowest BCUT2D eigenvalue weighted by Crippen LogP contribution is -2.15. The monoisotopic (exact) mass is 369 g/mol. The molecule has 2 aromatic heterocycles. The summed E-state index contributed by atoms with van der Waals surface area (Å²) in [7, 11) is 1.73. The predicted molar refractivity (Wildman–Crippen MR) is 89.9 cm³/mol. The van der Waals surface area contributed by atoms with Crippen LogP contribution in [0.25, 0.3) is 0 Å². The van der Waals surface area contributed by atoms with E-state index in [1.807, 2.05) is 0 Å². The van der Waals surface area contributed by atoms with Gasteiger partial charge < -0.3 is 14.6 Å². The maximum atomic E-state index is 12.0. The minimum atomic E-state index is -0.367. The van der Waals surface area contributed by atoms with Crippen LogP contribution in [0, 0.1) is 0 Å². The fraction of sp³-hybridized carbons (Fsp3) is 0.357. The molecule has 2 aromatic rings. The van der Waals surface area contributed by atoms with Gasteiger partial charge in [0.25, 0.3) is 0 Å². The third-order valence-electron chi connectivity index (χ3n) is 2.90. The number of hydrogen-bond donors (Lipinski definition) is 1. The first kappa shape index (κ1) is 18.2. The van der Waals surface area contributed by atoms with Crippen LogP contribution < -0.4 is 5.32 Å². The Bertz CT molecular complexity index is 737. The Hall–Kier alpha value is -2.13. The maximum Gasteiger partial charge on any atom is 0.313 e. The summed E-state index contributed by atoms with van der Waals surface area (Å²) in [4.78, 5) is 27.3. The largest absolute Gasteiger partial charge is 0.466 e. The van der Waals surface area contributed by atoms with Crippen LogP contribution in [0.2, 0.25) is 5.15 Å². The predicted octanol–water partition coefficient (Wildman–Crippen LogP) is 1.70. The maximum absolute atomic E-state index is 12.0. The molecule has 0 aliphatic carbocycles. The van der Waals surface area contributed by atoms with Gasteiger partial charge in [0.05, 0.1) is 18.0 Å². The van der Waals surface area contributed by atoms with E-state index < -0.39 is 0 Å². The molecular weight excluding hydrogens is 354 g/mol. The summed E-state index contributed by atoms with van der Waals surface area (Å²) in [5.41, 5.74) is 0.450. The second-order valence-electron chi connectivity index (χ2n) is 4.62. The van der Waals surface area contributed by atoms with Crippen molar-refractivity contribution in [1.29, 1.82) is 0 Å². The number of rotatable bonds is 7. The number of nitrogens with zero attached hydrogens (tertiary/aromatic N) is 4. The van der Waals surface area contributed by atoms with E-state index in [9.17, 15) is 9.59 Å². The SMILES string of the molecule is CCOC(=O)Cc1nnc(SCC(=O)Nc2cccnc2Cl)n1C. The van der Waals surface area contributed by atoms with Crippen LogP contribution in [0.15, 0.2) is 23.5 Å². The van der Waals surface area contributed by atoms with Crippen LogP contribution in [0.3, 0.4) is 0 Å². The van der Waals surface area contributed by atoms with Gasteiger partial charge in [-0.25, -0.2) is 4.98 Å². The number of anilines is 1. The Morgan fingerprint density at radius 1 is 1.42 bits per heavy atom. The van der Waals surface area contributed by atoms with E-state index in [1.165, 1.54) is 18.0 Å². The van der Waals surface area contributed by atoms with Crippen molar-refractivity contribution >= 4 is 40.9 Å². The molecule has 0 saturated carbocycles. The number of ether oxygens (including phenoxy) is 1. The van der Waals surface area contributed by atoms with E-state index in [-0.39, 0.29) is 29.2 Å². The Morgan fingerprint density at radius 3 is 2.92 bits per heavy atom. The van der Waals surface area contributed by atoms with Gasteiger partial charge in [0.2, 0.25) is 5.91 Å². The molecule has 0 aliphatic rings. The third kappa shape index (κ3) is 4.93. The lowest BCUT2D eigenvalue weighted by Gasteiger charge is -2.06. The molecule has 1 N–H and O–H groups in total. The molecule has 2 heterocycles. The first-order chi connectivity index (χ1) is 11.5. The topological polar surface area (TPSA) is 99.0 Å². The number of amides is 1. The van der Waals surface area contributed by atoms with Crippen molar-refractivity contribution in [1.82, 2.24) is 19.7 Å². The molecular formula is C14H16ClN5O3S. The van der Waals surface area contributed by atoms with Crippen molar-refractivity contribution in [2.24, 2.45) is 7.05 Å². The van der Waals surface area contributed by atoms with Gasteiger partial charge in [-0.15, -0.1) is 10.2 Å². The van der Waals surface area contributed by atoms with E-state index in [4.69, 9.17) is 16.3 Å². The summed E-state index contributed by atoms with van der Waals surface area (Å²) in [5.74, 6) is -0.0126. The highest BCUT2D eigenvalue weighted by Gasteiger charge is 2.15. The fourth-order valence-corrected chi connectivity index (χ4v) is 2.66. The molecule has 0 aromatic carbocycles. The van der Waals surface area contributed by atoms with Crippen molar-refractivity contribution in [3.63, 3.8) is 0 Å². The van der Waals surface area contributed by atoms with E-state index in [0.29, 0.717) is 23.3 Å². The number of thioether (sulfide) groups is 1. The highest BCUT2D eigenvalue weighted by Crippen LogP contribution is 2.20. The number of halogens is 1. The van der Waals surface area contributed by atoms with Gasteiger partial charge in [-0.05, 0) is 19.1 Å². The fourth-order valence-electron chi connectivity index (χ4n) is 1.76. The molecule has 24 heavy (non-hydrogen) atoms. The Labute approximate surface area is 148 Å². The van der Waals surface area contributed by atoms with Crippen molar-refractivity contribution < 1.29 is 14.3 Å². The summed E-state index contributed by atoms with van der Waals surface area (Å²) in [6.07, 6.45) is 1.58. The van der Waals surface area contributed by atoms with Crippen molar-refractivity contribution in [2.75, 3.05) is 17.7 Å². The summed E-state index contributed by atoms with van der Waals surface area (Å²) in [6, 6.07) is 3.34. The number of carbonyl (C=O) groups is 2. The zero-order chi connectivity index (χ0) is 17.5. The highest BCUT2D eigenvalue weighted by atomic mass is 35.5.